The lowest BCUT2D eigenvalue weighted by Gasteiger charge is -2.16. The van der Waals surface area contributed by atoms with Crippen molar-refractivity contribution in [2.45, 2.75) is 13.0 Å². The van der Waals surface area contributed by atoms with Crippen LogP contribution < -0.4 is 5.73 Å². The molecule has 2 aromatic carbocycles. The number of halogens is 4. The molecule has 0 spiro atoms. The van der Waals surface area contributed by atoms with Gasteiger partial charge >= 0.3 is 0 Å². The highest BCUT2D eigenvalue weighted by Crippen LogP contribution is 2.29. The first-order chi connectivity index (χ1) is 8.90. The monoisotopic (exact) mass is 329 g/mol. The third-order valence-corrected chi connectivity index (χ3v) is 3.43. The lowest BCUT2D eigenvalue weighted by atomic mass is 9.97. The molecule has 2 N–H and O–H groups in total. The zero-order valence-corrected chi connectivity index (χ0v) is 11.6. The molecular weight excluding hydrogens is 319 g/mol. The molecule has 0 heterocycles. The molecule has 2 aromatic rings. The highest BCUT2D eigenvalue weighted by Gasteiger charge is 2.21. The second-order valence-corrected chi connectivity index (χ2v) is 5.15. The van der Waals surface area contributed by atoms with E-state index in [4.69, 9.17) is 5.73 Å². The fourth-order valence-electron chi connectivity index (χ4n) is 1.94. The highest BCUT2D eigenvalue weighted by atomic mass is 79.9. The molecule has 0 saturated carbocycles. The van der Waals surface area contributed by atoms with Crippen molar-refractivity contribution in [2.24, 2.45) is 5.73 Å². The zero-order chi connectivity index (χ0) is 14.2. The smallest absolute Gasteiger partial charge is 0.145 e. The summed E-state index contributed by atoms with van der Waals surface area (Å²) in [5.41, 5.74) is 6.55. The van der Waals surface area contributed by atoms with Gasteiger partial charge in [-0.2, -0.15) is 0 Å². The lowest BCUT2D eigenvalue weighted by Crippen LogP contribution is -2.16. The third kappa shape index (κ3) is 2.82. The summed E-state index contributed by atoms with van der Waals surface area (Å²) < 4.78 is 41.1. The summed E-state index contributed by atoms with van der Waals surface area (Å²) in [7, 11) is 0. The van der Waals surface area contributed by atoms with Gasteiger partial charge in [-0.05, 0) is 58.2 Å². The van der Waals surface area contributed by atoms with Crippen molar-refractivity contribution in [2.75, 3.05) is 0 Å². The van der Waals surface area contributed by atoms with E-state index in [0.717, 1.165) is 6.07 Å². The number of nitrogens with two attached hydrogens (primary N) is 1. The summed E-state index contributed by atoms with van der Waals surface area (Å²) in [6, 6.07) is 5.42. The molecule has 0 aliphatic rings. The Balaban J connectivity index is 2.55. The van der Waals surface area contributed by atoms with Crippen molar-refractivity contribution in [1.29, 1.82) is 0 Å². The Bertz CT molecular complexity index is 608. The number of benzene rings is 2. The summed E-state index contributed by atoms with van der Waals surface area (Å²) >= 11 is 2.98. The average Bonchev–Trinajstić information content (AvgIpc) is 2.33. The minimum Gasteiger partial charge on any atom is -0.320 e. The Morgan fingerprint density at radius 1 is 1.11 bits per heavy atom. The maximum absolute atomic E-state index is 13.9. The van der Waals surface area contributed by atoms with Crippen LogP contribution in [0.2, 0.25) is 0 Å². The Kier molecular flexibility index (Phi) is 3.96. The summed E-state index contributed by atoms with van der Waals surface area (Å²) in [6.07, 6.45) is 0. The van der Waals surface area contributed by atoms with Crippen LogP contribution in [0.5, 0.6) is 0 Å². The second-order valence-electron chi connectivity index (χ2n) is 4.30. The number of hydrogen-bond acceptors (Lipinski definition) is 1. The van der Waals surface area contributed by atoms with Gasteiger partial charge in [0.1, 0.15) is 17.5 Å². The van der Waals surface area contributed by atoms with Gasteiger partial charge in [0.05, 0.1) is 10.5 Å². The largest absolute Gasteiger partial charge is 0.320 e. The van der Waals surface area contributed by atoms with Crippen LogP contribution in [-0.4, -0.2) is 0 Å². The molecule has 1 atom stereocenters. The van der Waals surface area contributed by atoms with E-state index >= 15 is 0 Å². The van der Waals surface area contributed by atoms with Crippen molar-refractivity contribution in [1.82, 2.24) is 0 Å². The molecule has 0 amide bonds. The van der Waals surface area contributed by atoms with E-state index in [1.54, 1.807) is 13.0 Å². The Morgan fingerprint density at radius 2 is 1.79 bits per heavy atom. The SMILES string of the molecule is Cc1cc(F)cc(C(N)c2c(F)ccc(Br)c2F)c1. The minimum absolute atomic E-state index is 0.118. The molecule has 0 aliphatic carbocycles. The molecule has 1 nitrogen and oxygen atoms in total. The van der Waals surface area contributed by atoms with Gasteiger partial charge in [-0.25, -0.2) is 13.2 Å². The second kappa shape index (κ2) is 5.35. The normalized spacial score (nSPS) is 12.5. The molecule has 1 unspecified atom stereocenters. The van der Waals surface area contributed by atoms with E-state index in [-0.39, 0.29) is 10.0 Å². The molecular formula is C14H11BrF3N. The maximum atomic E-state index is 13.9. The zero-order valence-electron chi connectivity index (χ0n) is 10.1. The van der Waals surface area contributed by atoms with Gasteiger partial charge < -0.3 is 5.73 Å². The molecule has 0 aliphatic heterocycles. The van der Waals surface area contributed by atoms with Crippen LogP contribution in [-0.2, 0) is 0 Å². The van der Waals surface area contributed by atoms with Crippen LogP contribution in [0.3, 0.4) is 0 Å². The summed E-state index contributed by atoms with van der Waals surface area (Å²) in [5, 5.41) is 0. The van der Waals surface area contributed by atoms with Crippen LogP contribution in [0.1, 0.15) is 22.7 Å². The predicted octanol–water partition coefficient (Wildman–Crippen LogP) is 4.22. The Labute approximate surface area is 117 Å². The third-order valence-electron chi connectivity index (χ3n) is 2.81. The first kappa shape index (κ1) is 14.1. The van der Waals surface area contributed by atoms with E-state index in [9.17, 15) is 13.2 Å². The lowest BCUT2D eigenvalue weighted by molar-refractivity contribution is 0.538. The van der Waals surface area contributed by atoms with E-state index in [1.165, 1.54) is 18.2 Å². The molecule has 0 aromatic heterocycles. The first-order valence-corrected chi connectivity index (χ1v) is 6.35. The summed E-state index contributed by atoms with van der Waals surface area (Å²) in [4.78, 5) is 0. The van der Waals surface area contributed by atoms with Gasteiger partial charge in [-0.15, -0.1) is 0 Å². The van der Waals surface area contributed by atoms with Crippen molar-refractivity contribution >= 4 is 15.9 Å². The molecule has 0 radical (unpaired) electrons. The maximum Gasteiger partial charge on any atom is 0.145 e. The van der Waals surface area contributed by atoms with Crippen LogP contribution in [0.4, 0.5) is 13.2 Å². The molecule has 0 fully saturated rings. The van der Waals surface area contributed by atoms with Crippen LogP contribution in [0.15, 0.2) is 34.8 Å². The van der Waals surface area contributed by atoms with Crippen molar-refractivity contribution in [3.8, 4) is 0 Å². The molecule has 5 heteroatoms. The number of hydrogen-bond donors (Lipinski definition) is 1. The van der Waals surface area contributed by atoms with E-state index in [1.807, 2.05) is 0 Å². The van der Waals surface area contributed by atoms with Crippen molar-refractivity contribution in [3.05, 3.63) is 68.9 Å². The minimum atomic E-state index is -1.06. The van der Waals surface area contributed by atoms with Crippen LogP contribution >= 0.6 is 15.9 Å². The van der Waals surface area contributed by atoms with E-state index < -0.39 is 23.5 Å². The first-order valence-electron chi connectivity index (χ1n) is 5.56. The molecule has 0 bridgehead atoms. The van der Waals surface area contributed by atoms with Gasteiger partial charge in [-0.1, -0.05) is 6.07 Å². The van der Waals surface area contributed by atoms with Gasteiger partial charge in [0.15, 0.2) is 0 Å². The van der Waals surface area contributed by atoms with Crippen LogP contribution in [0.25, 0.3) is 0 Å². The average molecular weight is 330 g/mol. The van der Waals surface area contributed by atoms with Gasteiger partial charge in [0.2, 0.25) is 0 Å². The Hall–Kier alpha value is -1.33. The quantitative estimate of drug-likeness (QED) is 0.820. The standard InChI is InChI=1S/C14H11BrF3N/c1-7-4-8(6-9(16)5-7)14(19)12-11(17)3-2-10(15)13(12)18/h2-6,14H,19H2,1H3. The van der Waals surface area contributed by atoms with E-state index in [0.29, 0.717) is 11.1 Å². The molecule has 19 heavy (non-hydrogen) atoms. The summed E-state index contributed by atoms with van der Waals surface area (Å²) in [5.74, 6) is -2.01. The molecule has 100 valence electrons. The fraction of sp³-hybridized carbons (Fsp3) is 0.143. The molecule has 0 saturated heterocycles. The number of rotatable bonds is 2. The predicted molar refractivity (Wildman–Crippen MR) is 71.2 cm³/mol. The molecule has 2 rings (SSSR count). The van der Waals surface area contributed by atoms with Gasteiger partial charge in [0.25, 0.3) is 0 Å². The number of aryl methyl sites for hydroxylation is 1. The van der Waals surface area contributed by atoms with Gasteiger partial charge in [-0.3, -0.25) is 0 Å². The fourth-order valence-corrected chi connectivity index (χ4v) is 2.28. The van der Waals surface area contributed by atoms with Crippen molar-refractivity contribution < 1.29 is 13.2 Å². The Morgan fingerprint density at radius 3 is 2.42 bits per heavy atom. The van der Waals surface area contributed by atoms with Gasteiger partial charge in [0, 0.05) is 5.56 Å². The van der Waals surface area contributed by atoms with Crippen molar-refractivity contribution in [3.63, 3.8) is 0 Å². The summed E-state index contributed by atoms with van der Waals surface area (Å²) in [6.45, 7) is 1.69. The highest BCUT2D eigenvalue weighted by molar-refractivity contribution is 9.10. The van der Waals surface area contributed by atoms with E-state index in [2.05, 4.69) is 15.9 Å². The topological polar surface area (TPSA) is 26.0 Å². The van der Waals surface area contributed by atoms with Crippen LogP contribution in [0, 0.1) is 24.4 Å².